The maximum absolute atomic E-state index is 12.6. The molecule has 1 atom stereocenters. The fraction of sp³-hybridized carbons (Fsp3) is 0.500. The largest absolute Gasteiger partial charge is 0.314 e. The Morgan fingerprint density at radius 2 is 2.10 bits per heavy atom. The maximum atomic E-state index is 12.6. The minimum absolute atomic E-state index is 0. The van der Waals surface area contributed by atoms with Crippen LogP contribution in [-0.2, 0) is 10.0 Å². The summed E-state index contributed by atoms with van der Waals surface area (Å²) in [5.74, 6) is 0. The molecule has 0 spiro atoms. The quantitative estimate of drug-likeness (QED) is 0.664. The van der Waals surface area contributed by atoms with E-state index in [2.05, 4.69) is 5.32 Å². The summed E-state index contributed by atoms with van der Waals surface area (Å²) >= 11 is 0. The number of nitrogens with one attached hydrogen (secondary N) is 1. The molecule has 118 valence electrons. The number of halogens is 1. The second-order valence-electron chi connectivity index (χ2n) is 4.88. The van der Waals surface area contributed by atoms with Gasteiger partial charge in [0.1, 0.15) is 0 Å². The number of sulfonamides is 1. The first kappa shape index (κ1) is 17.8. The Kier molecular flexibility index (Phi) is 5.68. The second kappa shape index (κ2) is 6.69. The Balaban J connectivity index is 0.00000220. The van der Waals surface area contributed by atoms with Gasteiger partial charge in [-0.1, -0.05) is 0 Å². The first-order chi connectivity index (χ1) is 9.34. The average Bonchev–Trinajstić information content (AvgIpc) is 2.38. The summed E-state index contributed by atoms with van der Waals surface area (Å²) < 4.78 is 26.7. The van der Waals surface area contributed by atoms with Gasteiger partial charge in [-0.15, -0.1) is 12.4 Å². The molecule has 21 heavy (non-hydrogen) atoms. The summed E-state index contributed by atoms with van der Waals surface area (Å²) in [4.78, 5) is 10.3. The molecule has 1 aromatic rings. The minimum Gasteiger partial charge on any atom is -0.314 e. The minimum atomic E-state index is -3.61. The molecule has 1 fully saturated rings. The standard InChI is InChI=1S/C12H17N3O4S.ClH/c1-9-7-11(15(16)17)3-4-12(9)20(18,19)14-6-5-13-8-10(14)2;/h3-4,7,10,13H,5-6,8H2,1-2H3;1H/t10-;/m0./s1. The van der Waals surface area contributed by atoms with Gasteiger partial charge in [-0.2, -0.15) is 4.31 Å². The molecule has 0 radical (unpaired) electrons. The molecule has 1 aromatic carbocycles. The van der Waals surface area contributed by atoms with Gasteiger partial charge in [0.2, 0.25) is 10.0 Å². The number of aryl methyl sites for hydroxylation is 1. The van der Waals surface area contributed by atoms with E-state index in [1.165, 1.54) is 22.5 Å². The van der Waals surface area contributed by atoms with Gasteiger partial charge in [0, 0.05) is 37.8 Å². The third-order valence-electron chi connectivity index (χ3n) is 3.40. The van der Waals surface area contributed by atoms with Crippen molar-refractivity contribution in [1.82, 2.24) is 9.62 Å². The molecule has 0 aliphatic carbocycles. The Morgan fingerprint density at radius 3 is 2.62 bits per heavy atom. The molecule has 0 unspecified atom stereocenters. The van der Waals surface area contributed by atoms with E-state index in [1.807, 2.05) is 6.92 Å². The topological polar surface area (TPSA) is 92.5 Å². The number of non-ortho nitro benzene ring substituents is 1. The van der Waals surface area contributed by atoms with E-state index in [0.717, 1.165) is 0 Å². The number of benzene rings is 1. The summed E-state index contributed by atoms with van der Waals surface area (Å²) in [5.41, 5.74) is 0.291. The van der Waals surface area contributed by atoms with Crippen LogP contribution in [-0.4, -0.2) is 43.3 Å². The fourth-order valence-electron chi connectivity index (χ4n) is 2.34. The lowest BCUT2D eigenvalue weighted by Gasteiger charge is -2.33. The SMILES string of the molecule is Cc1cc([N+](=O)[O-])ccc1S(=O)(=O)N1CCNC[C@@H]1C.Cl. The molecular formula is C12H18ClN3O4S. The van der Waals surface area contributed by atoms with Crippen molar-refractivity contribution in [2.45, 2.75) is 24.8 Å². The highest BCUT2D eigenvalue weighted by atomic mass is 35.5. The lowest BCUT2D eigenvalue weighted by molar-refractivity contribution is -0.385. The Morgan fingerprint density at radius 1 is 1.43 bits per heavy atom. The molecule has 0 amide bonds. The van der Waals surface area contributed by atoms with Crippen LogP contribution in [0.5, 0.6) is 0 Å². The zero-order chi connectivity index (χ0) is 14.9. The van der Waals surface area contributed by atoms with Gasteiger partial charge in [-0.25, -0.2) is 8.42 Å². The molecule has 0 bridgehead atoms. The van der Waals surface area contributed by atoms with Gasteiger partial charge >= 0.3 is 0 Å². The predicted octanol–water partition coefficient (Wildman–Crippen LogP) is 1.31. The highest BCUT2D eigenvalue weighted by molar-refractivity contribution is 7.89. The Labute approximate surface area is 129 Å². The van der Waals surface area contributed by atoms with E-state index in [-0.39, 0.29) is 29.0 Å². The molecule has 1 aliphatic rings. The van der Waals surface area contributed by atoms with Crippen LogP contribution in [0.4, 0.5) is 5.69 Å². The number of nitrogens with zero attached hydrogens (tertiary/aromatic N) is 2. The van der Waals surface area contributed by atoms with Crippen LogP contribution in [0.1, 0.15) is 12.5 Å². The van der Waals surface area contributed by atoms with E-state index in [9.17, 15) is 18.5 Å². The van der Waals surface area contributed by atoms with Crippen molar-refractivity contribution < 1.29 is 13.3 Å². The lowest BCUT2D eigenvalue weighted by atomic mass is 10.2. The first-order valence-electron chi connectivity index (χ1n) is 6.31. The van der Waals surface area contributed by atoms with Crippen molar-refractivity contribution >= 4 is 28.1 Å². The normalized spacial score (nSPS) is 19.8. The number of rotatable bonds is 3. The Bertz CT molecular complexity index is 635. The smallest absolute Gasteiger partial charge is 0.269 e. The molecule has 1 N–H and O–H groups in total. The summed E-state index contributed by atoms with van der Waals surface area (Å²) in [7, 11) is -3.61. The van der Waals surface area contributed by atoms with Crippen LogP contribution in [0.15, 0.2) is 23.1 Å². The number of nitro groups is 1. The number of nitro benzene ring substituents is 1. The van der Waals surface area contributed by atoms with Crippen LogP contribution >= 0.6 is 12.4 Å². The molecular weight excluding hydrogens is 318 g/mol. The van der Waals surface area contributed by atoms with Crippen LogP contribution in [0.3, 0.4) is 0 Å². The van der Waals surface area contributed by atoms with Crippen LogP contribution in [0.25, 0.3) is 0 Å². The lowest BCUT2D eigenvalue weighted by Crippen LogP contribution is -2.52. The maximum Gasteiger partial charge on any atom is 0.269 e. The highest BCUT2D eigenvalue weighted by Crippen LogP contribution is 2.25. The predicted molar refractivity (Wildman–Crippen MR) is 81.3 cm³/mol. The fourth-order valence-corrected chi connectivity index (χ4v) is 4.18. The number of hydrogen-bond donors (Lipinski definition) is 1. The zero-order valence-corrected chi connectivity index (χ0v) is 13.4. The number of piperazine rings is 1. The van der Waals surface area contributed by atoms with Gasteiger partial charge in [0.25, 0.3) is 5.69 Å². The van der Waals surface area contributed by atoms with Crippen molar-refractivity contribution in [3.8, 4) is 0 Å². The molecule has 1 heterocycles. The monoisotopic (exact) mass is 335 g/mol. The third kappa shape index (κ3) is 3.52. The van der Waals surface area contributed by atoms with E-state index in [1.54, 1.807) is 6.92 Å². The van der Waals surface area contributed by atoms with Crippen molar-refractivity contribution in [1.29, 1.82) is 0 Å². The van der Waals surface area contributed by atoms with Crippen LogP contribution < -0.4 is 5.32 Å². The van der Waals surface area contributed by atoms with Crippen molar-refractivity contribution in [3.05, 3.63) is 33.9 Å². The van der Waals surface area contributed by atoms with E-state index >= 15 is 0 Å². The summed E-state index contributed by atoms with van der Waals surface area (Å²) in [6.07, 6.45) is 0. The van der Waals surface area contributed by atoms with Gasteiger partial charge in [0.05, 0.1) is 9.82 Å². The van der Waals surface area contributed by atoms with E-state index in [0.29, 0.717) is 25.2 Å². The third-order valence-corrected chi connectivity index (χ3v) is 5.57. The molecule has 2 rings (SSSR count). The average molecular weight is 336 g/mol. The van der Waals surface area contributed by atoms with Gasteiger partial charge in [0.15, 0.2) is 0 Å². The summed E-state index contributed by atoms with van der Waals surface area (Å²) in [5, 5.41) is 13.8. The molecule has 1 saturated heterocycles. The Hall–Kier alpha value is -1.22. The van der Waals surface area contributed by atoms with E-state index in [4.69, 9.17) is 0 Å². The first-order valence-corrected chi connectivity index (χ1v) is 7.75. The van der Waals surface area contributed by atoms with Gasteiger partial charge in [-0.05, 0) is 25.5 Å². The molecule has 0 aromatic heterocycles. The number of hydrogen-bond acceptors (Lipinski definition) is 5. The van der Waals surface area contributed by atoms with Gasteiger partial charge in [-0.3, -0.25) is 10.1 Å². The second-order valence-corrected chi connectivity index (χ2v) is 6.73. The molecule has 9 heteroatoms. The molecule has 0 saturated carbocycles. The van der Waals surface area contributed by atoms with Crippen molar-refractivity contribution in [2.75, 3.05) is 19.6 Å². The molecule has 7 nitrogen and oxygen atoms in total. The summed E-state index contributed by atoms with van der Waals surface area (Å²) in [6.45, 7) is 5.03. The van der Waals surface area contributed by atoms with Crippen molar-refractivity contribution in [2.24, 2.45) is 0 Å². The van der Waals surface area contributed by atoms with Crippen molar-refractivity contribution in [3.63, 3.8) is 0 Å². The van der Waals surface area contributed by atoms with Crippen LogP contribution in [0.2, 0.25) is 0 Å². The zero-order valence-electron chi connectivity index (χ0n) is 11.8. The van der Waals surface area contributed by atoms with Gasteiger partial charge < -0.3 is 5.32 Å². The van der Waals surface area contributed by atoms with Crippen LogP contribution in [0, 0.1) is 17.0 Å². The summed E-state index contributed by atoms with van der Waals surface area (Å²) in [6, 6.07) is 3.70. The molecule has 1 aliphatic heterocycles. The van der Waals surface area contributed by atoms with E-state index < -0.39 is 14.9 Å². The highest BCUT2D eigenvalue weighted by Gasteiger charge is 2.32.